The van der Waals surface area contributed by atoms with Crippen LogP contribution in [0.1, 0.15) is 36.4 Å². The Morgan fingerprint density at radius 3 is 2.59 bits per heavy atom. The third-order valence-corrected chi connectivity index (χ3v) is 8.10. The number of hydrogen-bond acceptors (Lipinski definition) is 5. The van der Waals surface area contributed by atoms with Crippen molar-refractivity contribution in [3.63, 3.8) is 0 Å². The molecule has 0 saturated heterocycles. The van der Waals surface area contributed by atoms with Crippen LogP contribution in [0.25, 0.3) is 0 Å². The van der Waals surface area contributed by atoms with Crippen LogP contribution in [0.3, 0.4) is 0 Å². The Hall–Kier alpha value is -2.72. The van der Waals surface area contributed by atoms with Gasteiger partial charge in [0.25, 0.3) is 5.56 Å². The number of anilines is 1. The van der Waals surface area contributed by atoms with Crippen LogP contribution in [-0.4, -0.2) is 30.1 Å². The molecular weight excluding hydrogens is 499 g/mol. The third kappa shape index (κ3) is 5.02. The minimum atomic E-state index is -3.82. The Morgan fingerprint density at radius 2 is 1.88 bits per heavy atom. The molecule has 0 unspecified atom stereocenters. The zero-order chi connectivity index (χ0) is 24.6. The molecule has 1 fully saturated rings. The van der Waals surface area contributed by atoms with E-state index in [9.17, 15) is 18.0 Å². The molecule has 1 aromatic heterocycles. The molecule has 3 atom stereocenters. The Morgan fingerprint density at radius 1 is 1.18 bits per heavy atom. The van der Waals surface area contributed by atoms with Crippen LogP contribution in [0.2, 0.25) is 10.0 Å². The first-order valence-corrected chi connectivity index (χ1v) is 12.7. The second kappa shape index (κ2) is 9.50. The molecule has 2 aromatic carbocycles. The Kier molecular flexibility index (Phi) is 6.82. The summed E-state index contributed by atoms with van der Waals surface area (Å²) < 4.78 is 29.8. The molecular formula is C23H22Cl2N4O4S. The number of aromatic nitrogens is 2. The molecule has 4 rings (SSSR count). The van der Waals surface area contributed by atoms with Gasteiger partial charge in [0.15, 0.2) is 0 Å². The molecule has 8 nitrogen and oxygen atoms in total. The van der Waals surface area contributed by atoms with Crippen molar-refractivity contribution in [1.29, 1.82) is 0 Å². The molecule has 0 aliphatic heterocycles. The van der Waals surface area contributed by atoms with Crippen LogP contribution in [0.4, 0.5) is 5.69 Å². The molecule has 1 aliphatic rings. The van der Waals surface area contributed by atoms with E-state index in [1.54, 1.807) is 19.1 Å². The number of amides is 1. The first-order valence-electron chi connectivity index (χ1n) is 10.5. The largest absolute Gasteiger partial charge is 0.324 e. The highest BCUT2D eigenvalue weighted by atomic mass is 35.5. The molecule has 0 bridgehead atoms. The molecule has 3 aromatic rings. The quantitative estimate of drug-likeness (QED) is 0.490. The molecule has 1 heterocycles. The first-order chi connectivity index (χ1) is 16.1. The third-order valence-electron chi connectivity index (χ3n) is 5.72. The van der Waals surface area contributed by atoms with Gasteiger partial charge in [-0.3, -0.25) is 9.59 Å². The molecule has 1 saturated carbocycles. The fraction of sp³-hybridized carbons (Fsp3) is 0.261. The molecule has 178 valence electrons. The summed E-state index contributed by atoms with van der Waals surface area (Å²) in [5.41, 5.74) is 1.20. The number of halogens is 2. The Labute approximate surface area is 207 Å². The van der Waals surface area contributed by atoms with Crippen molar-refractivity contribution in [2.45, 2.75) is 43.2 Å². The summed E-state index contributed by atoms with van der Waals surface area (Å²) in [4.78, 5) is 25.1. The summed E-state index contributed by atoms with van der Waals surface area (Å²) >= 11 is 11.7. The Bertz CT molecular complexity index is 1410. The first kappa shape index (κ1) is 24.4. The van der Waals surface area contributed by atoms with Gasteiger partial charge in [-0.1, -0.05) is 59.6 Å². The lowest BCUT2D eigenvalue weighted by Gasteiger charge is -2.16. The summed E-state index contributed by atoms with van der Waals surface area (Å²) in [6.45, 7) is 3.15. The second-order valence-corrected chi connectivity index (χ2v) is 10.6. The minimum absolute atomic E-state index is 0.0124. The van der Waals surface area contributed by atoms with Crippen molar-refractivity contribution in [2.75, 3.05) is 5.32 Å². The van der Waals surface area contributed by atoms with Gasteiger partial charge >= 0.3 is 0 Å². The van der Waals surface area contributed by atoms with Gasteiger partial charge in [-0.15, -0.1) is 0 Å². The minimum Gasteiger partial charge on any atom is -0.324 e. The highest BCUT2D eigenvalue weighted by molar-refractivity contribution is 7.89. The molecule has 2 N–H and O–H groups in total. The van der Waals surface area contributed by atoms with E-state index in [2.05, 4.69) is 15.1 Å². The van der Waals surface area contributed by atoms with E-state index in [-0.39, 0.29) is 32.6 Å². The number of rotatable bonds is 7. The van der Waals surface area contributed by atoms with Crippen molar-refractivity contribution in [3.05, 3.63) is 86.3 Å². The van der Waals surface area contributed by atoms with Gasteiger partial charge in [-0.25, -0.2) is 17.8 Å². The molecule has 11 heteroatoms. The lowest BCUT2D eigenvalue weighted by Crippen LogP contribution is -2.33. The topological polar surface area (TPSA) is 110 Å². The van der Waals surface area contributed by atoms with E-state index in [4.69, 9.17) is 23.2 Å². The van der Waals surface area contributed by atoms with Crippen molar-refractivity contribution in [2.24, 2.45) is 0 Å². The van der Waals surface area contributed by atoms with E-state index in [0.29, 0.717) is 5.56 Å². The lowest BCUT2D eigenvalue weighted by atomic mass is 10.1. The molecule has 34 heavy (non-hydrogen) atoms. The number of nitrogens with zero attached hydrogens (tertiary/aromatic N) is 2. The number of hydrogen-bond donors (Lipinski definition) is 2. The average molecular weight is 521 g/mol. The molecule has 1 amide bonds. The highest BCUT2D eigenvalue weighted by Crippen LogP contribution is 2.41. The van der Waals surface area contributed by atoms with Gasteiger partial charge in [-0.2, -0.15) is 5.10 Å². The smallest absolute Gasteiger partial charge is 0.287 e. The molecule has 0 radical (unpaired) electrons. The maximum atomic E-state index is 13.1. The normalized spacial score (nSPS) is 18.4. The SMILES string of the molecule is Cc1ccc(NC(=O)[C@H](C)n2ncc(Cl)c(Cl)c2=O)cc1S(=O)(=O)N[C@@H]1C[C@H]1c1ccccc1. The summed E-state index contributed by atoms with van der Waals surface area (Å²) in [6, 6.07) is 13.1. The van der Waals surface area contributed by atoms with Gasteiger partial charge in [0.05, 0.1) is 16.1 Å². The van der Waals surface area contributed by atoms with Gasteiger partial charge in [-0.05, 0) is 43.5 Å². The number of aryl methyl sites for hydroxylation is 1. The second-order valence-electron chi connectivity index (χ2n) is 8.18. The van der Waals surface area contributed by atoms with E-state index >= 15 is 0 Å². The van der Waals surface area contributed by atoms with Crippen LogP contribution < -0.4 is 15.6 Å². The van der Waals surface area contributed by atoms with Gasteiger partial charge in [0.1, 0.15) is 11.1 Å². The maximum Gasteiger partial charge on any atom is 0.287 e. The highest BCUT2D eigenvalue weighted by Gasteiger charge is 2.41. The fourth-order valence-corrected chi connectivity index (χ4v) is 5.50. The fourth-order valence-electron chi connectivity index (χ4n) is 3.68. The van der Waals surface area contributed by atoms with E-state index < -0.39 is 27.5 Å². The van der Waals surface area contributed by atoms with Crippen LogP contribution in [0, 0.1) is 6.92 Å². The van der Waals surface area contributed by atoms with Crippen LogP contribution >= 0.6 is 23.2 Å². The van der Waals surface area contributed by atoms with Crippen LogP contribution in [0.5, 0.6) is 0 Å². The van der Waals surface area contributed by atoms with E-state index in [0.717, 1.165) is 16.7 Å². The van der Waals surface area contributed by atoms with Crippen molar-refractivity contribution < 1.29 is 13.2 Å². The van der Waals surface area contributed by atoms with Crippen molar-refractivity contribution in [1.82, 2.24) is 14.5 Å². The van der Waals surface area contributed by atoms with Crippen LogP contribution in [0.15, 0.2) is 64.4 Å². The summed E-state index contributed by atoms with van der Waals surface area (Å²) in [5.74, 6) is -0.434. The lowest BCUT2D eigenvalue weighted by molar-refractivity contribution is -0.119. The van der Waals surface area contributed by atoms with Crippen molar-refractivity contribution in [3.8, 4) is 0 Å². The summed E-state index contributed by atoms with van der Waals surface area (Å²) in [6.07, 6.45) is 1.90. The number of carbonyl (C=O) groups is 1. The van der Waals surface area contributed by atoms with E-state index in [1.807, 2.05) is 30.3 Å². The predicted octanol–water partition coefficient (Wildman–Crippen LogP) is 3.89. The van der Waals surface area contributed by atoms with Crippen LogP contribution in [-0.2, 0) is 14.8 Å². The summed E-state index contributed by atoms with van der Waals surface area (Å²) in [7, 11) is -3.82. The van der Waals surface area contributed by atoms with E-state index in [1.165, 1.54) is 19.2 Å². The maximum absolute atomic E-state index is 13.1. The Balaban J connectivity index is 1.50. The molecule has 1 aliphatic carbocycles. The summed E-state index contributed by atoms with van der Waals surface area (Å²) in [5, 5.41) is 6.25. The number of carbonyl (C=O) groups excluding carboxylic acids is 1. The van der Waals surface area contributed by atoms with Crippen molar-refractivity contribution >= 4 is 44.8 Å². The standard InChI is InChI=1S/C23H22Cl2N4O4S/c1-13-8-9-16(27-22(30)14(2)29-23(31)21(25)18(24)12-26-29)10-20(13)34(32,33)28-19-11-17(19)15-6-4-3-5-7-15/h3-10,12,14,17,19,28H,11H2,1-2H3,(H,27,30)/t14-,17-,19+/m0/s1. The zero-order valence-electron chi connectivity index (χ0n) is 18.3. The van der Waals surface area contributed by atoms with Gasteiger partial charge in [0.2, 0.25) is 15.9 Å². The number of benzene rings is 2. The monoisotopic (exact) mass is 520 g/mol. The zero-order valence-corrected chi connectivity index (χ0v) is 20.7. The predicted molar refractivity (Wildman–Crippen MR) is 131 cm³/mol. The average Bonchev–Trinajstić information content (AvgIpc) is 3.57. The number of nitrogens with one attached hydrogen (secondary N) is 2. The van der Waals surface area contributed by atoms with Gasteiger partial charge < -0.3 is 5.32 Å². The number of sulfonamides is 1. The van der Waals surface area contributed by atoms with Gasteiger partial charge in [0, 0.05) is 17.6 Å². The molecule has 0 spiro atoms.